The van der Waals surface area contributed by atoms with Crippen LogP contribution < -0.4 is 5.32 Å². The maximum atomic E-state index is 12.8. The Bertz CT molecular complexity index is 336. The largest absolute Gasteiger partial charge is 0.323 e. The van der Waals surface area contributed by atoms with E-state index in [9.17, 15) is 4.79 Å². The van der Waals surface area contributed by atoms with E-state index in [2.05, 4.69) is 44.8 Å². The van der Waals surface area contributed by atoms with Gasteiger partial charge in [-0.2, -0.15) is 0 Å². The third-order valence-electron chi connectivity index (χ3n) is 4.95. The molecule has 1 heterocycles. The lowest BCUT2D eigenvalue weighted by molar-refractivity contribution is -0.134. The van der Waals surface area contributed by atoms with Crippen LogP contribution in [-0.4, -0.2) is 29.1 Å². The molecule has 1 N–H and O–H groups in total. The van der Waals surface area contributed by atoms with Crippen molar-refractivity contribution in [2.24, 2.45) is 17.8 Å². The molecular weight excluding hydrogens is 248 g/mol. The lowest BCUT2D eigenvalue weighted by atomic mass is 9.79. The molecule has 3 nitrogen and oxygen atoms in total. The number of carbonyl (C=O) groups is 1. The SMILES string of the molecule is CC(C)CC1NC(CC(C)C)N(C(C)C2CCC2)C1=O. The smallest absolute Gasteiger partial charge is 0.241 e. The maximum absolute atomic E-state index is 12.8. The van der Waals surface area contributed by atoms with E-state index in [0.29, 0.717) is 23.8 Å². The summed E-state index contributed by atoms with van der Waals surface area (Å²) in [6.45, 7) is 11.1. The van der Waals surface area contributed by atoms with Gasteiger partial charge in [-0.15, -0.1) is 0 Å². The highest BCUT2D eigenvalue weighted by molar-refractivity contribution is 5.84. The van der Waals surface area contributed by atoms with Crippen LogP contribution in [0.15, 0.2) is 0 Å². The van der Waals surface area contributed by atoms with E-state index in [-0.39, 0.29) is 12.2 Å². The minimum absolute atomic E-state index is 0.0428. The molecule has 2 fully saturated rings. The second-order valence-corrected chi connectivity index (χ2v) is 7.67. The van der Waals surface area contributed by atoms with E-state index in [1.807, 2.05) is 0 Å². The molecule has 0 radical (unpaired) electrons. The van der Waals surface area contributed by atoms with Crippen LogP contribution in [0, 0.1) is 17.8 Å². The molecule has 1 aliphatic heterocycles. The molecule has 1 aliphatic carbocycles. The molecule has 0 aromatic heterocycles. The predicted molar refractivity (Wildman–Crippen MR) is 83.3 cm³/mol. The Labute approximate surface area is 124 Å². The summed E-state index contributed by atoms with van der Waals surface area (Å²) in [5.74, 6) is 2.27. The van der Waals surface area contributed by atoms with Crippen molar-refractivity contribution in [3.8, 4) is 0 Å². The number of rotatable bonds is 6. The molecule has 1 saturated heterocycles. The van der Waals surface area contributed by atoms with Gasteiger partial charge in [-0.1, -0.05) is 34.1 Å². The van der Waals surface area contributed by atoms with Crippen molar-refractivity contribution in [2.45, 2.75) is 85.0 Å². The zero-order valence-corrected chi connectivity index (χ0v) is 13.9. The summed E-state index contributed by atoms with van der Waals surface area (Å²) in [6.07, 6.45) is 6.22. The summed E-state index contributed by atoms with van der Waals surface area (Å²) in [4.78, 5) is 15.0. The Balaban J connectivity index is 2.08. The van der Waals surface area contributed by atoms with Gasteiger partial charge in [0.05, 0.1) is 12.2 Å². The Kier molecular flexibility index (Phi) is 5.11. The van der Waals surface area contributed by atoms with Crippen molar-refractivity contribution in [2.75, 3.05) is 0 Å². The van der Waals surface area contributed by atoms with Gasteiger partial charge in [0.15, 0.2) is 0 Å². The predicted octanol–water partition coefficient (Wildman–Crippen LogP) is 3.39. The van der Waals surface area contributed by atoms with E-state index in [0.717, 1.165) is 18.8 Å². The quantitative estimate of drug-likeness (QED) is 0.809. The molecule has 0 bridgehead atoms. The van der Waals surface area contributed by atoms with Gasteiger partial charge in [0.25, 0.3) is 0 Å². The molecule has 1 saturated carbocycles. The van der Waals surface area contributed by atoms with Gasteiger partial charge in [0.1, 0.15) is 0 Å². The van der Waals surface area contributed by atoms with Gasteiger partial charge in [-0.3, -0.25) is 10.1 Å². The fourth-order valence-electron chi connectivity index (χ4n) is 3.62. The Morgan fingerprint density at radius 1 is 1.10 bits per heavy atom. The third-order valence-corrected chi connectivity index (χ3v) is 4.95. The molecule has 20 heavy (non-hydrogen) atoms. The van der Waals surface area contributed by atoms with Gasteiger partial charge < -0.3 is 4.90 Å². The van der Waals surface area contributed by atoms with Crippen molar-refractivity contribution >= 4 is 5.91 Å². The average molecular weight is 280 g/mol. The molecule has 1 amide bonds. The molecular formula is C17H32N2O. The van der Waals surface area contributed by atoms with Crippen LogP contribution in [-0.2, 0) is 4.79 Å². The summed E-state index contributed by atoms with van der Waals surface area (Å²) < 4.78 is 0. The Morgan fingerprint density at radius 3 is 2.15 bits per heavy atom. The van der Waals surface area contributed by atoms with Gasteiger partial charge in [-0.25, -0.2) is 0 Å². The molecule has 0 aromatic rings. The number of hydrogen-bond acceptors (Lipinski definition) is 2. The number of nitrogens with zero attached hydrogens (tertiary/aromatic N) is 1. The Hall–Kier alpha value is -0.570. The number of nitrogens with one attached hydrogen (secondary N) is 1. The van der Waals surface area contributed by atoms with Crippen molar-refractivity contribution in [3.63, 3.8) is 0 Å². The summed E-state index contributed by atoms with van der Waals surface area (Å²) in [5.41, 5.74) is 0. The molecule has 2 rings (SSSR count). The zero-order chi connectivity index (χ0) is 14.9. The van der Waals surface area contributed by atoms with E-state index < -0.39 is 0 Å². The number of amides is 1. The average Bonchev–Trinajstić information content (AvgIpc) is 2.50. The molecule has 3 unspecified atom stereocenters. The topological polar surface area (TPSA) is 32.3 Å². The van der Waals surface area contributed by atoms with Crippen molar-refractivity contribution in [1.29, 1.82) is 0 Å². The summed E-state index contributed by atoms with van der Waals surface area (Å²) in [6, 6.07) is 0.450. The highest BCUT2D eigenvalue weighted by Crippen LogP contribution is 2.35. The third kappa shape index (κ3) is 3.36. The van der Waals surface area contributed by atoms with Gasteiger partial charge in [-0.05, 0) is 50.4 Å². The fourth-order valence-corrected chi connectivity index (χ4v) is 3.62. The second kappa shape index (κ2) is 6.46. The first-order valence-corrected chi connectivity index (χ1v) is 8.48. The van der Waals surface area contributed by atoms with Crippen molar-refractivity contribution < 1.29 is 4.79 Å². The highest BCUT2D eigenvalue weighted by Gasteiger charge is 2.43. The van der Waals surface area contributed by atoms with Crippen LogP contribution in [0.4, 0.5) is 0 Å². The van der Waals surface area contributed by atoms with Crippen LogP contribution in [0.2, 0.25) is 0 Å². The maximum Gasteiger partial charge on any atom is 0.241 e. The molecule has 3 atom stereocenters. The first-order valence-electron chi connectivity index (χ1n) is 8.48. The van der Waals surface area contributed by atoms with Crippen LogP contribution >= 0.6 is 0 Å². The molecule has 3 heteroatoms. The van der Waals surface area contributed by atoms with Crippen molar-refractivity contribution in [1.82, 2.24) is 10.2 Å². The van der Waals surface area contributed by atoms with Crippen LogP contribution in [0.1, 0.15) is 66.7 Å². The van der Waals surface area contributed by atoms with E-state index in [1.165, 1.54) is 19.3 Å². The van der Waals surface area contributed by atoms with Crippen molar-refractivity contribution in [3.05, 3.63) is 0 Å². The summed E-state index contributed by atoms with van der Waals surface area (Å²) in [5, 5.41) is 3.61. The molecule has 0 spiro atoms. The fraction of sp³-hybridized carbons (Fsp3) is 0.941. The van der Waals surface area contributed by atoms with Crippen LogP contribution in [0.3, 0.4) is 0 Å². The molecule has 0 aromatic carbocycles. The first kappa shape index (κ1) is 15.8. The first-order chi connectivity index (χ1) is 9.40. The van der Waals surface area contributed by atoms with E-state index in [1.54, 1.807) is 0 Å². The second-order valence-electron chi connectivity index (χ2n) is 7.67. The normalized spacial score (nSPS) is 29.4. The van der Waals surface area contributed by atoms with Gasteiger partial charge >= 0.3 is 0 Å². The summed E-state index contributed by atoms with van der Waals surface area (Å²) in [7, 11) is 0. The van der Waals surface area contributed by atoms with Crippen LogP contribution in [0.5, 0.6) is 0 Å². The van der Waals surface area contributed by atoms with E-state index >= 15 is 0 Å². The van der Waals surface area contributed by atoms with E-state index in [4.69, 9.17) is 0 Å². The number of carbonyl (C=O) groups excluding carboxylic acids is 1. The lowest BCUT2D eigenvalue weighted by Gasteiger charge is -2.40. The zero-order valence-electron chi connectivity index (χ0n) is 13.9. The van der Waals surface area contributed by atoms with Gasteiger partial charge in [0.2, 0.25) is 5.91 Å². The molecule has 2 aliphatic rings. The van der Waals surface area contributed by atoms with Gasteiger partial charge in [0, 0.05) is 6.04 Å². The monoisotopic (exact) mass is 280 g/mol. The standard InChI is InChI=1S/C17H32N2O/c1-11(2)9-15-17(20)19(13(5)14-7-6-8-14)16(18-15)10-12(3)4/h11-16,18H,6-10H2,1-5H3. The minimum Gasteiger partial charge on any atom is -0.323 e. The minimum atomic E-state index is 0.0428. The molecule has 116 valence electrons. The highest BCUT2D eigenvalue weighted by atomic mass is 16.2. The Morgan fingerprint density at radius 2 is 1.70 bits per heavy atom. The lowest BCUT2D eigenvalue weighted by Crippen LogP contribution is -2.48. The van der Waals surface area contributed by atoms with Crippen LogP contribution in [0.25, 0.3) is 0 Å². The summed E-state index contributed by atoms with van der Waals surface area (Å²) >= 11 is 0. The number of hydrogen-bond donors (Lipinski definition) is 1.